The Morgan fingerprint density at radius 3 is 2.43 bits per heavy atom. The van der Waals surface area contributed by atoms with E-state index >= 15 is 0 Å². The first-order chi connectivity index (χ1) is 10.1. The Kier molecular flexibility index (Phi) is 3.94. The zero-order valence-electron chi connectivity index (χ0n) is 11.2. The largest absolute Gasteiger partial charge is 0.322 e. The molecule has 2 aromatic carbocycles. The van der Waals surface area contributed by atoms with E-state index < -0.39 is 6.43 Å². The molecule has 1 atom stereocenters. The van der Waals surface area contributed by atoms with Crippen LogP contribution in [0.15, 0.2) is 48.5 Å². The van der Waals surface area contributed by atoms with Crippen molar-refractivity contribution in [2.75, 3.05) is 0 Å². The lowest BCUT2D eigenvalue weighted by Crippen LogP contribution is -2.12. The fourth-order valence-corrected chi connectivity index (χ4v) is 3.16. The molecule has 0 fully saturated rings. The summed E-state index contributed by atoms with van der Waals surface area (Å²) in [7, 11) is 0. The number of para-hydroxylation sites is 1. The molecule has 0 amide bonds. The molecular weight excluding hydrogens is 290 g/mol. The van der Waals surface area contributed by atoms with Crippen LogP contribution >= 0.6 is 11.3 Å². The number of nitrogens with zero attached hydrogens (tertiary/aromatic N) is 1. The van der Waals surface area contributed by atoms with E-state index in [-0.39, 0.29) is 11.6 Å². The summed E-state index contributed by atoms with van der Waals surface area (Å²) >= 11 is 1.58. The van der Waals surface area contributed by atoms with Crippen LogP contribution in [0.25, 0.3) is 10.2 Å². The third-order valence-electron chi connectivity index (χ3n) is 3.31. The van der Waals surface area contributed by atoms with Gasteiger partial charge in [-0.1, -0.05) is 36.4 Å². The molecule has 108 valence electrons. The van der Waals surface area contributed by atoms with Crippen LogP contribution in [0.5, 0.6) is 0 Å². The van der Waals surface area contributed by atoms with Crippen molar-refractivity contribution in [3.63, 3.8) is 0 Å². The maximum absolute atomic E-state index is 12.5. The summed E-state index contributed by atoms with van der Waals surface area (Å²) in [6, 6.07) is 14.0. The van der Waals surface area contributed by atoms with E-state index in [0.29, 0.717) is 6.42 Å². The lowest BCUT2D eigenvalue weighted by Gasteiger charge is -2.09. The number of rotatable bonds is 4. The number of aromatic nitrogens is 1. The van der Waals surface area contributed by atoms with Crippen molar-refractivity contribution >= 4 is 21.6 Å². The number of hydrogen-bond donors (Lipinski definition) is 1. The van der Waals surface area contributed by atoms with Gasteiger partial charge in [0.15, 0.2) is 0 Å². The second kappa shape index (κ2) is 5.87. The first kappa shape index (κ1) is 14.1. The van der Waals surface area contributed by atoms with Gasteiger partial charge in [0.25, 0.3) is 6.43 Å². The van der Waals surface area contributed by atoms with Crippen LogP contribution in [-0.2, 0) is 6.42 Å². The number of alkyl halides is 2. The van der Waals surface area contributed by atoms with Gasteiger partial charge < -0.3 is 5.73 Å². The topological polar surface area (TPSA) is 38.9 Å². The second-order valence-electron chi connectivity index (χ2n) is 4.87. The van der Waals surface area contributed by atoms with Crippen LogP contribution in [0.4, 0.5) is 8.78 Å². The molecule has 0 saturated heterocycles. The Morgan fingerprint density at radius 2 is 1.76 bits per heavy atom. The molecule has 0 bridgehead atoms. The summed E-state index contributed by atoms with van der Waals surface area (Å²) in [4.78, 5) is 4.53. The Labute approximate surface area is 125 Å². The molecule has 0 aliphatic rings. The number of benzene rings is 2. The number of nitrogens with two attached hydrogens (primary N) is 1. The maximum Gasteiger partial charge on any atom is 0.263 e. The molecule has 3 rings (SSSR count). The summed E-state index contributed by atoms with van der Waals surface area (Å²) in [5.74, 6) is 0. The van der Waals surface area contributed by atoms with Gasteiger partial charge in [-0.2, -0.15) is 0 Å². The number of thiazole rings is 1. The average molecular weight is 304 g/mol. The first-order valence-corrected chi connectivity index (χ1v) is 7.43. The average Bonchev–Trinajstić information content (AvgIpc) is 2.92. The van der Waals surface area contributed by atoms with Crippen molar-refractivity contribution in [1.29, 1.82) is 0 Å². The summed E-state index contributed by atoms with van der Waals surface area (Å²) in [5.41, 5.74) is 8.10. The predicted molar refractivity (Wildman–Crippen MR) is 81.7 cm³/mol. The molecule has 3 aromatic rings. The van der Waals surface area contributed by atoms with Gasteiger partial charge in [-0.05, 0) is 24.1 Å². The van der Waals surface area contributed by atoms with Gasteiger partial charge in [0.1, 0.15) is 5.01 Å². The molecule has 21 heavy (non-hydrogen) atoms. The van der Waals surface area contributed by atoms with Crippen molar-refractivity contribution < 1.29 is 8.78 Å². The standard InChI is InChI=1S/C16H14F2N2S/c17-15(18)11-7-5-10(6-8-11)9-12(19)16-20-13-3-1-2-4-14(13)21-16/h1-8,12,15H,9,19H2. The normalized spacial score (nSPS) is 13.0. The maximum atomic E-state index is 12.5. The number of hydrogen-bond acceptors (Lipinski definition) is 3. The Morgan fingerprint density at radius 1 is 1.05 bits per heavy atom. The van der Waals surface area contributed by atoms with Crippen LogP contribution in [0, 0.1) is 0 Å². The Balaban J connectivity index is 1.77. The molecule has 1 unspecified atom stereocenters. The van der Waals surface area contributed by atoms with E-state index in [1.165, 1.54) is 12.1 Å². The van der Waals surface area contributed by atoms with Crippen LogP contribution < -0.4 is 5.73 Å². The van der Waals surface area contributed by atoms with Crippen molar-refractivity contribution in [1.82, 2.24) is 4.98 Å². The zero-order chi connectivity index (χ0) is 14.8. The van der Waals surface area contributed by atoms with Gasteiger partial charge in [-0.25, -0.2) is 13.8 Å². The van der Waals surface area contributed by atoms with Crippen LogP contribution in [0.1, 0.15) is 28.6 Å². The molecule has 0 saturated carbocycles. The third kappa shape index (κ3) is 3.09. The van der Waals surface area contributed by atoms with Crippen LogP contribution in [0.2, 0.25) is 0 Å². The van der Waals surface area contributed by atoms with E-state index in [4.69, 9.17) is 5.73 Å². The molecule has 0 aliphatic heterocycles. The first-order valence-electron chi connectivity index (χ1n) is 6.61. The predicted octanol–water partition coefficient (Wildman–Crippen LogP) is 4.48. The fourth-order valence-electron chi connectivity index (χ4n) is 2.19. The van der Waals surface area contributed by atoms with Crippen molar-refractivity contribution in [3.8, 4) is 0 Å². The zero-order valence-corrected chi connectivity index (χ0v) is 12.0. The highest BCUT2D eigenvalue weighted by Gasteiger charge is 2.13. The molecule has 0 aliphatic carbocycles. The minimum absolute atomic E-state index is 0.0345. The molecule has 1 aromatic heterocycles. The Hall–Kier alpha value is -1.85. The molecule has 5 heteroatoms. The molecule has 2 nitrogen and oxygen atoms in total. The van der Waals surface area contributed by atoms with E-state index in [0.717, 1.165) is 20.8 Å². The quantitative estimate of drug-likeness (QED) is 0.772. The Bertz CT molecular complexity index is 704. The van der Waals surface area contributed by atoms with Gasteiger partial charge in [0.2, 0.25) is 0 Å². The lowest BCUT2D eigenvalue weighted by atomic mass is 10.1. The lowest BCUT2D eigenvalue weighted by molar-refractivity contribution is 0.151. The highest BCUT2D eigenvalue weighted by Crippen LogP contribution is 2.27. The summed E-state index contributed by atoms with van der Waals surface area (Å²) in [6.07, 6.45) is -1.85. The number of halogens is 2. The molecule has 2 N–H and O–H groups in total. The van der Waals surface area contributed by atoms with Crippen molar-refractivity contribution in [2.45, 2.75) is 18.9 Å². The highest BCUT2D eigenvalue weighted by atomic mass is 32.1. The van der Waals surface area contributed by atoms with Gasteiger partial charge >= 0.3 is 0 Å². The number of fused-ring (bicyclic) bond motifs is 1. The molecule has 0 radical (unpaired) electrons. The summed E-state index contributed by atoms with van der Waals surface area (Å²) in [6.45, 7) is 0. The summed E-state index contributed by atoms with van der Waals surface area (Å²) < 4.78 is 26.1. The van der Waals surface area contributed by atoms with E-state index in [1.54, 1.807) is 23.5 Å². The monoisotopic (exact) mass is 304 g/mol. The summed E-state index contributed by atoms with van der Waals surface area (Å²) in [5, 5.41) is 0.870. The smallest absolute Gasteiger partial charge is 0.263 e. The van der Waals surface area contributed by atoms with E-state index in [1.807, 2.05) is 24.3 Å². The van der Waals surface area contributed by atoms with Gasteiger partial charge in [0.05, 0.1) is 16.3 Å². The minimum Gasteiger partial charge on any atom is -0.322 e. The van der Waals surface area contributed by atoms with Crippen molar-refractivity contribution in [2.24, 2.45) is 5.73 Å². The fraction of sp³-hybridized carbons (Fsp3) is 0.188. The van der Waals surface area contributed by atoms with Crippen LogP contribution in [-0.4, -0.2) is 4.98 Å². The molecular formula is C16H14F2N2S. The van der Waals surface area contributed by atoms with Crippen LogP contribution in [0.3, 0.4) is 0 Å². The van der Waals surface area contributed by atoms with E-state index in [2.05, 4.69) is 4.98 Å². The minimum atomic E-state index is -2.43. The highest BCUT2D eigenvalue weighted by molar-refractivity contribution is 7.18. The van der Waals surface area contributed by atoms with E-state index in [9.17, 15) is 8.78 Å². The third-order valence-corrected chi connectivity index (χ3v) is 4.48. The van der Waals surface area contributed by atoms with Gasteiger partial charge in [0, 0.05) is 5.56 Å². The van der Waals surface area contributed by atoms with Gasteiger partial charge in [-0.15, -0.1) is 11.3 Å². The molecule has 0 spiro atoms. The second-order valence-corrected chi connectivity index (χ2v) is 5.93. The van der Waals surface area contributed by atoms with Crippen molar-refractivity contribution in [3.05, 3.63) is 64.7 Å². The molecule has 1 heterocycles. The SMILES string of the molecule is NC(Cc1ccc(C(F)F)cc1)c1nc2ccccc2s1. The van der Waals surface area contributed by atoms with Gasteiger partial charge in [-0.3, -0.25) is 0 Å².